The van der Waals surface area contributed by atoms with Crippen molar-refractivity contribution in [2.45, 2.75) is 25.8 Å². The summed E-state index contributed by atoms with van der Waals surface area (Å²) in [4.78, 5) is 1.24. The van der Waals surface area contributed by atoms with Crippen molar-refractivity contribution in [3.63, 3.8) is 0 Å². The predicted molar refractivity (Wildman–Crippen MR) is 88.2 cm³/mol. The highest BCUT2D eigenvalue weighted by Crippen LogP contribution is 2.31. The Morgan fingerprint density at radius 1 is 1.40 bits per heavy atom. The molecule has 1 nitrogen and oxygen atoms in total. The van der Waals surface area contributed by atoms with Crippen molar-refractivity contribution in [3.05, 3.63) is 55.4 Å². The van der Waals surface area contributed by atoms with E-state index in [2.05, 4.69) is 33.6 Å². The Morgan fingerprint density at radius 2 is 2.20 bits per heavy atom. The first-order valence-corrected chi connectivity index (χ1v) is 8.57. The van der Waals surface area contributed by atoms with Crippen molar-refractivity contribution < 1.29 is 4.39 Å². The smallest absolute Gasteiger partial charge is 0.142 e. The molecule has 0 fully saturated rings. The van der Waals surface area contributed by atoms with Crippen LogP contribution in [0.2, 0.25) is 5.02 Å². The van der Waals surface area contributed by atoms with Crippen LogP contribution in [-0.2, 0) is 6.42 Å². The van der Waals surface area contributed by atoms with Gasteiger partial charge in [-0.25, -0.2) is 4.39 Å². The van der Waals surface area contributed by atoms with Gasteiger partial charge in [0.1, 0.15) is 5.82 Å². The zero-order valence-corrected chi connectivity index (χ0v) is 14.3. The van der Waals surface area contributed by atoms with Crippen LogP contribution in [0.25, 0.3) is 0 Å². The number of rotatable bonds is 6. The van der Waals surface area contributed by atoms with Crippen LogP contribution in [0.5, 0.6) is 0 Å². The number of thiophene rings is 1. The molecule has 1 N–H and O–H groups in total. The monoisotopic (exact) mass is 375 g/mol. The van der Waals surface area contributed by atoms with Gasteiger partial charge in [-0.2, -0.15) is 0 Å². The van der Waals surface area contributed by atoms with Crippen molar-refractivity contribution in [1.29, 1.82) is 0 Å². The van der Waals surface area contributed by atoms with E-state index in [1.807, 2.05) is 12.1 Å². The van der Waals surface area contributed by atoms with Gasteiger partial charge in [0.15, 0.2) is 0 Å². The minimum absolute atomic E-state index is 0.170. The first-order chi connectivity index (χ1) is 9.61. The van der Waals surface area contributed by atoms with E-state index in [0.29, 0.717) is 0 Å². The second-order valence-corrected chi connectivity index (χ2v) is 6.80. The summed E-state index contributed by atoms with van der Waals surface area (Å²) in [6, 6.07) is 7.25. The van der Waals surface area contributed by atoms with Gasteiger partial charge >= 0.3 is 0 Å². The molecule has 108 valence electrons. The van der Waals surface area contributed by atoms with Crippen molar-refractivity contribution in [2.24, 2.45) is 0 Å². The third kappa shape index (κ3) is 4.04. The summed E-state index contributed by atoms with van der Waals surface area (Å²) in [5.41, 5.74) is 0.945. The van der Waals surface area contributed by atoms with E-state index < -0.39 is 0 Å². The molecule has 1 unspecified atom stereocenters. The third-order valence-electron chi connectivity index (χ3n) is 3.03. The fraction of sp³-hybridized carbons (Fsp3) is 0.333. The summed E-state index contributed by atoms with van der Waals surface area (Å²) < 4.78 is 14.6. The highest BCUT2D eigenvalue weighted by Gasteiger charge is 2.16. The number of hydrogen-bond donors (Lipinski definition) is 1. The summed E-state index contributed by atoms with van der Waals surface area (Å²) >= 11 is 11.0. The molecular weight excluding hydrogens is 361 g/mol. The van der Waals surface area contributed by atoms with Gasteiger partial charge in [0.25, 0.3) is 0 Å². The maximum absolute atomic E-state index is 13.5. The molecule has 0 aliphatic rings. The Hall–Kier alpha value is -0.420. The fourth-order valence-corrected chi connectivity index (χ4v) is 3.88. The van der Waals surface area contributed by atoms with E-state index in [-0.39, 0.29) is 16.9 Å². The maximum Gasteiger partial charge on any atom is 0.142 e. The Balaban J connectivity index is 2.19. The molecule has 0 saturated carbocycles. The first kappa shape index (κ1) is 16.0. The Morgan fingerprint density at radius 3 is 2.80 bits per heavy atom. The second kappa shape index (κ2) is 7.55. The van der Waals surface area contributed by atoms with Gasteiger partial charge in [0, 0.05) is 15.4 Å². The van der Waals surface area contributed by atoms with Crippen LogP contribution in [0, 0.1) is 5.82 Å². The highest BCUT2D eigenvalue weighted by atomic mass is 79.9. The largest absolute Gasteiger partial charge is 0.309 e. The van der Waals surface area contributed by atoms with Gasteiger partial charge in [-0.15, -0.1) is 11.3 Å². The molecule has 0 saturated heterocycles. The lowest BCUT2D eigenvalue weighted by Gasteiger charge is -2.18. The summed E-state index contributed by atoms with van der Waals surface area (Å²) in [6.07, 6.45) is 1.81. The molecule has 1 heterocycles. The van der Waals surface area contributed by atoms with Crippen LogP contribution in [0.1, 0.15) is 29.8 Å². The van der Waals surface area contributed by atoms with Crippen LogP contribution in [-0.4, -0.2) is 6.54 Å². The van der Waals surface area contributed by atoms with Crippen molar-refractivity contribution in [3.8, 4) is 0 Å². The van der Waals surface area contributed by atoms with E-state index in [1.165, 1.54) is 10.9 Å². The summed E-state index contributed by atoms with van der Waals surface area (Å²) in [7, 11) is 0. The van der Waals surface area contributed by atoms with E-state index in [4.69, 9.17) is 11.6 Å². The Labute approximate surface area is 136 Å². The summed E-state index contributed by atoms with van der Waals surface area (Å²) in [5.74, 6) is -0.358. The molecule has 2 aromatic rings. The molecule has 0 aliphatic heterocycles. The van der Waals surface area contributed by atoms with Crippen molar-refractivity contribution >= 4 is 38.9 Å². The predicted octanol–water partition coefficient (Wildman–Crippen LogP) is 5.59. The average Bonchev–Trinajstić information content (AvgIpc) is 2.85. The molecule has 0 aliphatic carbocycles. The number of benzene rings is 1. The molecule has 20 heavy (non-hydrogen) atoms. The molecule has 0 bridgehead atoms. The van der Waals surface area contributed by atoms with Crippen LogP contribution in [0.15, 0.2) is 34.1 Å². The zero-order chi connectivity index (χ0) is 14.5. The van der Waals surface area contributed by atoms with Gasteiger partial charge in [-0.3, -0.25) is 0 Å². The van der Waals surface area contributed by atoms with Gasteiger partial charge in [-0.1, -0.05) is 24.6 Å². The number of hydrogen-bond acceptors (Lipinski definition) is 2. The quantitative estimate of drug-likeness (QED) is 0.693. The molecule has 0 radical (unpaired) electrons. The van der Waals surface area contributed by atoms with E-state index in [1.54, 1.807) is 17.4 Å². The van der Waals surface area contributed by atoms with E-state index >= 15 is 0 Å². The van der Waals surface area contributed by atoms with Crippen LogP contribution in [0.3, 0.4) is 0 Å². The van der Waals surface area contributed by atoms with E-state index in [9.17, 15) is 4.39 Å². The molecule has 0 amide bonds. The molecule has 1 atom stereocenters. The summed E-state index contributed by atoms with van der Waals surface area (Å²) in [5, 5.41) is 5.75. The van der Waals surface area contributed by atoms with Crippen LogP contribution < -0.4 is 5.32 Å². The molecule has 1 aromatic heterocycles. The number of nitrogens with one attached hydrogen (secondary N) is 1. The normalized spacial score (nSPS) is 12.6. The Bertz CT molecular complexity index is 573. The summed E-state index contributed by atoms with van der Waals surface area (Å²) in [6.45, 7) is 3.07. The van der Waals surface area contributed by atoms with Crippen LogP contribution >= 0.6 is 38.9 Å². The van der Waals surface area contributed by atoms with Gasteiger partial charge in [0.2, 0.25) is 0 Å². The second-order valence-electron chi connectivity index (χ2n) is 4.59. The standard InChI is InChI=1S/C15H16BrClFNS/c1-2-6-19-14(15-11(16)5-7-20-15)9-10-3-4-12(17)13(18)8-10/h3-5,7-8,14,19H,2,6,9H2,1H3. The molecular formula is C15H16BrClFNS. The van der Waals surface area contributed by atoms with Crippen LogP contribution in [0.4, 0.5) is 4.39 Å². The molecule has 2 rings (SSSR count). The minimum atomic E-state index is -0.358. The third-order valence-corrected chi connectivity index (χ3v) is 5.32. The average molecular weight is 377 g/mol. The van der Waals surface area contributed by atoms with Gasteiger partial charge in [0.05, 0.1) is 5.02 Å². The molecule has 1 aromatic carbocycles. The SMILES string of the molecule is CCCNC(Cc1ccc(Cl)c(F)c1)c1sccc1Br. The lowest BCUT2D eigenvalue weighted by atomic mass is 10.0. The molecule has 0 spiro atoms. The van der Waals surface area contributed by atoms with Gasteiger partial charge in [-0.05, 0) is 64.5 Å². The van der Waals surface area contributed by atoms with Crippen molar-refractivity contribution in [1.82, 2.24) is 5.32 Å². The number of halogens is 3. The lowest BCUT2D eigenvalue weighted by Crippen LogP contribution is -2.23. The minimum Gasteiger partial charge on any atom is -0.309 e. The highest BCUT2D eigenvalue weighted by molar-refractivity contribution is 9.10. The zero-order valence-electron chi connectivity index (χ0n) is 11.1. The first-order valence-electron chi connectivity index (χ1n) is 6.52. The van der Waals surface area contributed by atoms with Crippen molar-refractivity contribution in [2.75, 3.05) is 6.54 Å². The molecule has 5 heteroatoms. The maximum atomic E-state index is 13.5. The lowest BCUT2D eigenvalue weighted by molar-refractivity contribution is 0.533. The topological polar surface area (TPSA) is 12.0 Å². The van der Waals surface area contributed by atoms with E-state index in [0.717, 1.165) is 29.4 Å². The Kier molecular flexibility index (Phi) is 6.02. The van der Waals surface area contributed by atoms with Gasteiger partial charge < -0.3 is 5.32 Å². The fourth-order valence-electron chi connectivity index (χ4n) is 2.03.